The molecule has 0 bridgehead atoms. The third-order valence-electron chi connectivity index (χ3n) is 5.33. The van der Waals surface area contributed by atoms with E-state index >= 15 is 0 Å². The number of aryl methyl sites for hydroxylation is 1. The van der Waals surface area contributed by atoms with E-state index in [1.54, 1.807) is 6.20 Å². The standard InChI is InChI=1S/C20H21FN2O2S/c1-22(2)16-7-3-14-4-10-20-18(19(14)13-16)11-12-23(20)26(24,25)17-8-5-15(21)6-9-17/h4-6,8-12,16H,3,7,13H2,1-2H3. The average Bonchev–Trinajstić information content (AvgIpc) is 3.07. The first-order valence-electron chi connectivity index (χ1n) is 8.67. The molecule has 1 aliphatic rings. The molecule has 3 aromatic rings. The summed E-state index contributed by atoms with van der Waals surface area (Å²) in [6, 6.07) is 11.2. The molecule has 0 spiro atoms. The maximum absolute atomic E-state index is 13.2. The van der Waals surface area contributed by atoms with Gasteiger partial charge in [0.15, 0.2) is 0 Å². The van der Waals surface area contributed by atoms with E-state index in [-0.39, 0.29) is 4.90 Å². The zero-order valence-electron chi connectivity index (χ0n) is 14.8. The van der Waals surface area contributed by atoms with Gasteiger partial charge in [-0.1, -0.05) is 6.07 Å². The molecule has 0 fully saturated rings. The Bertz CT molecular complexity index is 1070. The van der Waals surface area contributed by atoms with Crippen LogP contribution in [0.5, 0.6) is 0 Å². The predicted octanol–water partition coefficient (Wildman–Crippen LogP) is 3.44. The van der Waals surface area contributed by atoms with Gasteiger partial charge in [-0.2, -0.15) is 0 Å². The molecule has 26 heavy (non-hydrogen) atoms. The number of fused-ring (bicyclic) bond motifs is 3. The third-order valence-corrected chi connectivity index (χ3v) is 7.04. The van der Waals surface area contributed by atoms with Crippen molar-refractivity contribution < 1.29 is 12.8 Å². The van der Waals surface area contributed by atoms with Gasteiger partial charge in [0.1, 0.15) is 5.82 Å². The fourth-order valence-corrected chi connectivity index (χ4v) is 5.15. The van der Waals surface area contributed by atoms with Crippen LogP contribution in [0.2, 0.25) is 0 Å². The first-order chi connectivity index (χ1) is 12.4. The Labute approximate surface area is 152 Å². The highest BCUT2D eigenvalue weighted by Crippen LogP contribution is 2.32. The van der Waals surface area contributed by atoms with Crippen LogP contribution in [0.3, 0.4) is 0 Å². The van der Waals surface area contributed by atoms with Crippen LogP contribution < -0.4 is 0 Å². The summed E-state index contributed by atoms with van der Waals surface area (Å²) in [5.41, 5.74) is 3.21. The first kappa shape index (κ1) is 17.2. The van der Waals surface area contributed by atoms with E-state index in [9.17, 15) is 12.8 Å². The van der Waals surface area contributed by atoms with Gasteiger partial charge in [0, 0.05) is 17.6 Å². The molecule has 1 aromatic heterocycles. The SMILES string of the molecule is CN(C)C1CCc2ccc3c(ccn3S(=O)(=O)c3ccc(F)cc3)c2C1. The number of rotatable bonds is 3. The largest absolute Gasteiger partial charge is 0.306 e. The lowest BCUT2D eigenvalue weighted by Gasteiger charge is -2.30. The van der Waals surface area contributed by atoms with Gasteiger partial charge >= 0.3 is 0 Å². The highest BCUT2D eigenvalue weighted by Gasteiger charge is 2.25. The van der Waals surface area contributed by atoms with Crippen molar-refractivity contribution >= 4 is 20.9 Å². The fraction of sp³-hybridized carbons (Fsp3) is 0.300. The summed E-state index contributed by atoms with van der Waals surface area (Å²) < 4.78 is 40.4. The monoisotopic (exact) mass is 372 g/mol. The molecule has 1 heterocycles. The molecule has 0 saturated carbocycles. The van der Waals surface area contributed by atoms with E-state index in [0.29, 0.717) is 11.6 Å². The second-order valence-corrected chi connectivity index (χ2v) is 8.88. The Kier molecular flexibility index (Phi) is 4.12. The van der Waals surface area contributed by atoms with Gasteiger partial charge in [0.25, 0.3) is 10.0 Å². The summed E-state index contributed by atoms with van der Waals surface area (Å²) >= 11 is 0. The maximum atomic E-state index is 13.2. The number of nitrogens with zero attached hydrogens (tertiary/aromatic N) is 2. The zero-order valence-corrected chi connectivity index (χ0v) is 15.6. The van der Waals surface area contributed by atoms with Gasteiger partial charge in [0.2, 0.25) is 0 Å². The lowest BCUT2D eigenvalue weighted by molar-refractivity contribution is 0.269. The summed E-state index contributed by atoms with van der Waals surface area (Å²) in [5.74, 6) is -0.454. The van der Waals surface area contributed by atoms with Crippen molar-refractivity contribution in [3.05, 3.63) is 65.6 Å². The summed E-state index contributed by atoms with van der Waals surface area (Å²) in [6.45, 7) is 0. The molecular formula is C20H21FN2O2S. The van der Waals surface area contributed by atoms with E-state index in [0.717, 1.165) is 24.6 Å². The molecule has 0 N–H and O–H groups in total. The van der Waals surface area contributed by atoms with E-state index in [1.807, 2.05) is 18.2 Å². The highest BCUT2D eigenvalue weighted by atomic mass is 32.2. The topological polar surface area (TPSA) is 42.3 Å². The number of hydrogen-bond donors (Lipinski definition) is 0. The molecule has 6 heteroatoms. The second kappa shape index (κ2) is 6.21. The number of halogens is 1. The van der Waals surface area contributed by atoms with E-state index in [2.05, 4.69) is 19.0 Å². The van der Waals surface area contributed by atoms with Crippen molar-refractivity contribution in [2.24, 2.45) is 0 Å². The van der Waals surface area contributed by atoms with Crippen LogP contribution in [0.15, 0.2) is 53.6 Å². The molecule has 0 saturated heterocycles. The molecule has 4 nitrogen and oxygen atoms in total. The van der Waals surface area contributed by atoms with Crippen molar-refractivity contribution in [1.29, 1.82) is 0 Å². The maximum Gasteiger partial charge on any atom is 0.268 e. The van der Waals surface area contributed by atoms with Crippen molar-refractivity contribution in [2.45, 2.75) is 30.2 Å². The van der Waals surface area contributed by atoms with Crippen LogP contribution >= 0.6 is 0 Å². The Hall–Kier alpha value is -2.18. The van der Waals surface area contributed by atoms with Crippen molar-refractivity contribution in [1.82, 2.24) is 8.87 Å². The Morgan fingerprint density at radius 2 is 1.81 bits per heavy atom. The smallest absolute Gasteiger partial charge is 0.268 e. The summed E-state index contributed by atoms with van der Waals surface area (Å²) in [6.07, 6.45) is 4.63. The first-order valence-corrected chi connectivity index (χ1v) is 10.1. The minimum Gasteiger partial charge on any atom is -0.306 e. The highest BCUT2D eigenvalue weighted by molar-refractivity contribution is 7.90. The molecule has 0 aliphatic heterocycles. The van der Waals surface area contributed by atoms with Gasteiger partial charge in [-0.15, -0.1) is 0 Å². The van der Waals surface area contributed by atoms with Gasteiger partial charge in [-0.05, 0) is 80.9 Å². The molecular weight excluding hydrogens is 351 g/mol. The average molecular weight is 372 g/mol. The quantitative estimate of drug-likeness (QED) is 0.707. The molecule has 1 unspecified atom stereocenters. The van der Waals surface area contributed by atoms with E-state index < -0.39 is 15.8 Å². The van der Waals surface area contributed by atoms with Crippen molar-refractivity contribution in [2.75, 3.05) is 14.1 Å². The fourth-order valence-electron chi connectivity index (χ4n) is 3.80. The summed E-state index contributed by atoms with van der Waals surface area (Å²) in [7, 11) is 0.411. The van der Waals surface area contributed by atoms with E-state index in [1.165, 1.54) is 39.4 Å². The molecule has 0 amide bonds. The Balaban J connectivity index is 1.84. The normalized spacial score (nSPS) is 17.6. The van der Waals surface area contributed by atoms with Crippen LogP contribution in [0.25, 0.3) is 10.9 Å². The van der Waals surface area contributed by atoms with Gasteiger partial charge < -0.3 is 4.90 Å². The van der Waals surface area contributed by atoms with Crippen LogP contribution in [0.4, 0.5) is 4.39 Å². The second-order valence-electron chi connectivity index (χ2n) is 7.07. The predicted molar refractivity (Wildman–Crippen MR) is 100 cm³/mol. The van der Waals surface area contributed by atoms with Crippen LogP contribution in [-0.2, 0) is 22.9 Å². The molecule has 0 radical (unpaired) electrons. The number of aromatic nitrogens is 1. The molecule has 4 rings (SSSR count). The Morgan fingerprint density at radius 3 is 2.50 bits per heavy atom. The van der Waals surface area contributed by atoms with Crippen LogP contribution in [0, 0.1) is 5.82 Å². The Morgan fingerprint density at radius 1 is 1.08 bits per heavy atom. The molecule has 2 aromatic carbocycles. The van der Waals surface area contributed by atoms with Crippen molar-refractivity contribution in [3.8, 4) is 0 Å². The molecule has 1 aliphatic carbocycles. The zero-order chi connectivity index (χ0) is 18.5. The summed E-state index contributed by atoms with van der Waals surface area (Å²) in [5, 5.41) is 0.986. The summed E-state index contributed by atoms with van der Waals surface area (Å²) in [4.78, 5) is 2.31. The van der Waals surface area contributed by atoms with Crippen molar-refractivity contribution in [3.63, 3.8) is 0 Å². The van der Waals surface area contributed by atoms with Gasteiger partial charge in [-0.3, -0.25) is 0 Å². The lowest BCUT2D eigenvalue weighted by atomic mass is 9.86. The van der Waals surface area contributed by atoms with Gasteiger partial charge in [0.05, 0.1) is 10.4 Å². The van der Waals surface area contributed by atoms with Crippen LogP contribution in [-0.4, -0.2) is 37.4 Å². The number of benzene rings is 2. The lowest BCUT2D eigenvalue weighted by Crippen LogP contribution is -2.33. The molecule has 136 valence electrons. The van der Waals surface area contributed by atoms with Gasteiger partial charge in [-0.25, -0.2) is 16.8 Å². The number of likely N-dealkylation sites (N-methyl/N-ethyl adjacent to an activating group) is 1. The number of hydrogen-bond acceptors (Lipinski definition) is 3. The third kappa shape index (κ3) is 2.73. The van der Waals surface area contributed by atoms with E-state index in [4.69, 9.17) is 0 Å². The minimum atomic E-state index is -3.76. The van der Waals surface area contributed by atoms with Crippen LogP contribution in [0.1, 0.15) is 17.5 Å². The molecule has 1 atom stereocenters. The minimum absolute atomic E-state index is 0.0836.